The third-order valence-corrected chi connectivity index (χ3v) is 8.23. The highest BCUT2D eigenvalue weighted by Crippen LogP contribution is 2.53. The summed E-state index contributed by atoms with van der Waals surface area (Å²) in [5, 5.41) is 19.9. The van der Waals surface area contributed by atoms with Crippen LogP contribution in [0, 0.1) is 17.6 Å². The maximum absolute atomic E-state index is 15.0. The summed E-state index contributed by atoms with van der Waals surface area (Å²) < 4.78 is 29.9. The molecule has 1 aromatic carbocycles. The Bertz CT molecular complexity index is 1230. The second kappa shape index (κ2) is 9.18. The van der Waals surface area contributed by atoms with Gasteiger partial charge in [-0.2, -0.15) is 0 Å². The van der Waals surface area contributed by atoms with E-state index in [-0.39, 0.29) is 28.8 Å². The van der Waals surface area contributed by atoms with Gasteiger partial charge >= 0.3 is 0 Å². The predicted molar refractivity (Wildman–Crippen MR) is 132 cm³/mol. The van der Waals surface area contributed by atoms with Crippen LogP contribution in [0.3, 0.4) is 0 Å². The van der Waals surface area contributed by atoms with Gasteiger partial charge < -0.3 is 37.2 Å². The molecule has 0 spiro atoms. The molecule has 192 valence electrons. The van der Waals surface area contributed by atoms with Crippen molar-refractivity contribution in [2.75, 3.05) is 22.9 Å². The third kappa shape index (κ3) is 3.88. The normalized spacial score (nSPS) is 28.1. The molecular formula is C24H28F2N6O3S. The summed E-state index contributed by atoms with van der Waals surface area (Å²) in [4.78, 5) is 20.5. The van der Waals surface area contributed by atoms with Crippen molar-refractivity contribution in [3.05, 3.63) is 63.6 Å². The molecule has 0 bridgehead atoms. The van der Waals surface area contributed by atoms with E-state index >= 15 is 0 Å². The quantitative estimate of drug-likeness (QED) is 0.403. The van der Waals surface area contributed by atoms with Crippen LogP contribution in [0.15, 0.2) is 35.1 Å². The first kappa shape index (κ1) is 24.8. The topological polar surface area (TPSA) is 155 Å². The second-order valence-electron chi connectivity index (χ2n) is 9.50. The monoisotopic (exact) mass is 518 g/mol. The molecule has 3 heterocycles. The van der Waals surface area contributed by atoms with Crippen molar-refractivity contribution in [1.82, 2.24) is 4.98 Å². The van der Waals surface area contributed by atoms with Crippen LogP contribution < -0.4 is 27.0 Å². The van der Waals surface area contributed by atoms with Crippen molar-refractivity contribution < 1.29 is 23.8 Å². The van der Waals surface area contributed by atoms with Crippen LogP contribution in [0.25, 0.3) is 0 Å². The van der Waals surface area contributed by atoms with Gasteiger partial charge in [-0.05, 0) is 25.0 Å². The van der Waals surface area contributed by atoms with E-state index in [1.165, 1.54) is 17.2 Å². The Morgan fingerprint density at radius 3 is 2.56 bits per heavy atom. The molecular weight excluding hydrogens is 490 g/mol. The Labute approximate surface area is 210 Å². The number of nitrogens with zero attached hydrogens (tertiary/aromatic N) is 3. The highest BCUT2D eigenvalue weighted by atomic mass is 32.2. The molecule has 1 saturated heterocycles. The van der Waals surface area contributed by atoms with Gasteiger partial charge in [-0.3, -0.25) is 9.78 Å². The fraction of sp³-hybridized carbons (Fsp3) is 0.417. The van der Waals surface area contributed by atoms with E-state index in [1.807, 2.05) is 11.8 Å². The van der Waals surface area contributed by atoms with Gasteiger partial charge in [0.1, 0.15) is 22.7 Å². The van der Waals surface area contributed by atoms with Gasteiger partial charge in [0.05, 0.1) is 46.1 Å². The molecule has 8 N–H and O–H groups in total. The number of carbonyl (C=O) groups excluding carboxylic acids is 1. The lowest BCUT2D eigenvalue weighted by Crippen LogP contribution is -2.56. The molecule has 5 atom stereocenters. The summed E-state index contributed by atoms with van der Waals surface area (Å²) in [6.45, 7) is 2.59. The summed E-state index contributed by atoms with van der Waals surface area (Å²) in [5.41, 5.74) is 20.0. The minimum atomic E-state index is -1.07. The third-order valence-electron chi connectivity index (χ3n) is 7.11. The Morgan fingerprint density at radius 1 is 1.22 bits per heavy atom. The van der Waals surface area contributed by atoms with Crippen molar-refractivity contribution >= 4 is 29.0 Å². The lowest BCUT2D eigenvalue weighted by atomic mass is 9.91. The van der Waals surface area contributed by atoms with E-state index in [0.29, 0.717) is 36.5 Å². The average molecular weight is 519 g/mol. The van der Waals surface area contributed by atoms with Gasteiger partial charge in [-0.25, -0.2) is 8.78 Å². The van der Waals surface area contributed by atoms with Crippen LogP contribution in [-0.4, -0.2) is 46.3 Å². The van der Waals surface area contributed by atoms with Gasteiger partial charge in [0, 0.05) is 30.6 Å². The summed E-state index contributed by atoms with van der Waals surface area (Å²) in [6.07, 6.45) is 0.956. The first-order valence-electron chi connectivity index (χ1n) is 11.7. The van der Waals surface area contributed by atoms with Crippen molar-refractivity contribution in [1.29, 1.82) is 0 Å². The highest BCUT2D eigenvalue weighted by molar-refractivity contribution is 8.03. The number of aliphatic hydroxyl groups excluding tert-OH is 2. The van der Waals surface area contributed by atoms with E-state index < -0.39 is 41.2 Å². The van der Waals surface area contributed by atoms with Gasteiger partial charge in [0.25, 0.3) is 5.91 Å². The smallest absolute Gasteiger partial charge is 0.268 e. The molecule has 5 rings (SSSR count). The van der Waals surface area contributed by atoms with Crippen LogP contribution in [0.1, 0.15) is 41.6 Å². The number of amides is 1. The number of thioether (sulfide) groups is 1. The van der Waals surface area contributed by atoms with Crippen LogP contribution in [0.2, 0.25) is 0 Å². The number of carbonyl (C=O) groups is 1. The second-order valence-corrected chi connectivity index (χ2v) is 10.6. The van der Waals surface area contributed by atoms with Gasteiger partial charge in [-0.15, -0.1) is 0 Å². The zero-order valence-corrected chi connectivity index (χ0v) is 20.4. The number of piperidine rings is 1. The minimum Gasteiger partial charge on any atom is -0.392 e. The van der Waals surface area contributed by atoms with Gasteiger partial charge in [0.15, 0.2) is 0 Å². The molecule has 1 amide bonds. The number of pyridine rings is 1. The number of fused-ring (bicyclic) bond motifs is 1. The van der Waals surface area contributed by atoms with Crippen LogP contribution in [-0.2, 0) is 11.2 Å². The van der Waals surface area contributed by atoms with Gasteiger partial charge in [0.2, 0.25) is 0 Å². The van der Waals surface area contributed by atoms with Crippen molar-refractivity contribution in [3.63, 3.8) is 0 Å². The van der Waals surface area contributed by atoms with Gasteiger partial charge in [-0.1, -0.05) is 24.8 Å². The molecule has 9 nitrogen and oxygen atoms in total. The minimum absolute atomic E-state index is 0.0285. The number of aliphatic hydroxyl groups is 2. The number of primary amides is 1. The standard InChI is InChI=1S/C24H28F2N6O3S/c1-10-8-31(9-14(27)21(10)34)19-11-5-6-16(33)18(11)30-7-15(19)32-20(22(28)35)23(29)36-24(32)17-12(25)3-2-4-13(17)26/h2-4,7,10,14,16,21,24,33-34H,5-6,8-9,27,29H2,1H3,(H2,28,35). The molecule has 1 aliphatic carbocycles. The number of hydrogen-bond acceptors (Lipinski definition) is 9. The predicted octanol–water partition coefficient (Wildman–Crippen LogP) is 1.35. The van der Waals surface area contributed by atoms with E-state index in [4.69, 9.17) is 17.2 Å². The zero-order chi connectivity index (χ0) is 25.9. The maximum atomic E-state index is 15.0. The number of anilines is 2. The molecule has 2 aromatic rings. The number of hydrogen-bond donors (Lipinski definition) is 5. The molecule has 0 saturated carbocycles. The molecule has 3 aliphatic rings. The Kier molecular flexibility index (Phi) is 6.31. The van der Waals surface area contributed by atoms with E-state index in [1.54, 1.807) is 0 Å². The van der Waals surface area contributed by atoms with Crippen LogP contribution >= 0.6 is 11.8 Å². The van der Waals surface area contributed by atoms with E-state index in [0.717, 1.165) is 29.5 Å². The highest BCUT2D eigenvalue weighted by Gasteiger charge is 2.43. The van der Waals surface area contributed by atoms with Crippen molar-refractivity contribution in [2.24, 2.45) is 23.1 Å². The summed E-state index contributed by atoms with van der Waals surface area (Å²) in [5.74, 6) is -2.62. The van der Waals surface area contributed by atoms with Crippen molar-refractivity contribution in [2.45, 2.75) is 43.4 Å². The first-order valence-corrected chi connectivity index (χ1v) is 12.6. The molecule has 36 heavy (non-hydrogen) atoms. The van der Waals surface area contributed by atoms with Crippen LogP contribution in [0.4, 0.5) is 20.2 Å². The summed E-state index contributed by atoms with van der Waals surface area (Å²) >= 11 is 0.919. The number of benzene rings is 1. The first-order chi connectivity index (χ1) is 17.1. The Morgan fingerprint density at radius 2 is 1.92 bits per heavy atom. The lowest BCUT2D eigenvalue weighted by molar-refractivity contribution is -0.114. The fourth-order valence-electron chi connectivity index (χ4n) is 5.41. The zero-order valence-electron chi connectivity index (χ0n) is 19.6. The summed E-state index contributed by atoms with van der Waals surface area (Å²) in [7, 11) is 0. The number of nitrogens with two attached hydrogens (primary N) is 3. The number of aromatic nitrogens is 1. The number of halogens is 2. The Balaban J connectivity index is 1.73. The van der Waals surface area contributed by atoms with Crippen LogP contribution in [0.5, 0.6) is 0 Å². The largest absolute Gasteiger partial charge is 0.392 e. The number of rotatable bonds is 4. The molecule has 1 aromatic heterocycles. The summed E-state index contributed by atoms with van der Waals surface area (Å²) in [6, 6.07) is 2.98. The molecule has 2 aliphatic heterocycles. The Hall–Kier alpha value is -2.93. The van der Waals surface area contributed by atoms with E-state index in [2.05, 4.69) is 4.98 Å². The molecule has 0 radical (unpaired) electrons. The average Bonchev–Trinajstić information content (AvgIpc) is 3.36. The van der Waals surface area contributed by atoms with E-state index in [9.17, 15) is 23.8 Å². The SMILES string of the molecule is CC1CN(c2c(N3C(C(N)=O)=C(N)SC3c3c(F)cccc3F)cnc3c2CCC3O)CC(N)C1O. The molecule has 5 unspecified atom stereocenters. The molecule has 1 fully saturated rings. The molecule has 12 heteroatoms. The van der Waals surface area contributed by atoms with Crippen molar-refractivity contribution in [3.8, 4) is 0 Å². The fourth-order valence-corrected chi connectivity index (χ4v) is 6.63. The lowest BCUT2D eigenvalue weighted by Gasteiger charge is -2.42. The maximum Gasteiger partial charge on any atom is 0.268 e.